The fourth-order valence-corrected chi connectivity index (χ4v) is 4.90. The van der Waals surface area contributed by atoms with Gasteiger partial charge in [0.1, 0.15) is 5.52 Å². The zero-order valence-electron chi connectivity index (χ0n) is 17.4. The molecule has 0 aliphatic carbocycles. The molecule has 1 aliphatic heterocycles. The number of hydrogen-bond acceptors (Lipinski definition) is 6. The second-order valence-electron chi connectivity index (χ2n) is 7.72. The first kappa shape index (κ1) is 21.3. The van der Waals surface area contributed by atoms with Crippen LogP contribution in [0.4, 0.5) is 6.01 Å². The molecule has 1 fully saturated rings. The second kappa shape index (κ2) is 9.07. The van der Waals surface area contributed by atoms with Gasteiger partial charge in [0.25, 0.3) is 6.01 Å². The van der Waals surface area contributed by atoms with Gasteiger partial charge in [-0.1, -0.05) is 24.3 Å². The number of carbonyl (C=O) groups excluding carboxylic acids is 1. The van der Waals surface area contributed by atoms with E-state index in [1.165, 1.54) is 6.07 Å². The van der Waals surface area contributed by atoms with Crippen molar-refractivity contribution in [3.8, 4) is 0 Å². The number of sulfonamides is 1. The van der Waals surface area contributed by atoms with Crippen LogP contribution in [0.5, 0.6) is 0 Å². The van der Waals surface area contributed by atoms with Gasteiger partial charge in [0.2, 0.25) is 15.9 Å². The monoisotopic (exact) mass is 442 g/mol. The molecule has 1 amide bonds. The molecule has 8 nitrogen and oxygen atoms in total. The van der Waals surface area contributed by atoms with Crippen LogP contribution < -0.4 is 14.9 Å². The molecule has 1 saturated heterocycles. The van der Waals surface area contributed by atoms with Crippen molar-refractivity contribution in [3.05, 3.63) is 54.1 Å². The van der Waals surface area contributed by atoms with Crippen molar-refractivity contribution in [2.45, 2.75) is 37.1 Å². The number of amides is 1. The topological polar surface area (TPSA) is 105 Å². The number of benzene rings is 2. The minimum atomic E-state index is -3.63. The maximum atomic E-state index is 12.3. The van der Waals surface area contributed by atoms with E-state index in [0.717, 1.165) is 36.0 Å². The summed E-state index contributed by atoms with van der Waals surface area (Å²) in [6.07, 6.45) is 2.00. The van der Waals surface area contributed by atoms with E-state index in [1.807, 2.05) is 37.3 Å². The van der Waals surface area contributed by atoms with E-state index >= 15 is 0 Å². The van der Waals surface area contributed by atoms with Gasteiger partial charge in [-0.15, -0.1) is 0 Å². The van der Waals surface area contributed by atoms with Crippen LogP contribution in [0.3, 0.4) is 0 Å². The molecule has 0 radical (unpaired) electrons. The van der Waals surface area contributed by atoms with Crippen molar-refractivity contribution in [1.82, 2.24) is 15.0 Å². The molecule has 2 heterocycles. The normalized spacial score (nSPS) is 16.7. The van der Waals surface area contributed by atoms with Crippen LogP contribution in [0, 0.1) is 6.92 Å². The maximum Gasteiger partial charge on any atom is 0.298 e. The Hall–Kier alpha value is -2.91. The summed E-state index contributed by atoms with van der Waals surface area (Å²) in [5.74, 6) is -0.198. The first-order valence-corrected chi connectivity index (χ1v) is 11.9. The molecule has 9 heteroatoms. The van der Waals surface area contributed by atoms with Crippen LogP contribution >= 0.6 is 0 Å². The van der Waals surface area contributed by atoms with E-state index in [4.69, 9.17) is 4.42 Å². The Morgan fingerprint density at radius 1 is 1.23 bits per heavy atom. The van der Waals surface area contributed by atoms with Gasteiger partial charge in [-0.05, 0) is 49.6 Å². The largest absolute Gasteiger partial charge is 0.423 e. The lowest BCUT2D eigenvalue weighted by Gasteiger charge is -2.23. The lowest BCUT2D eigenvalue weighted by molar-refractivity contribution is -0.120. The van der Waals surface area contributed by atoms with Gasteiger partial charge in [0.05, 0.1) is 10.9 Å². The number of nitrogens with one attached hydrogen (secondary N) is 2. The molecule has 3 aromatic rings. The van der Waals surface area contributed by atoms with E-state index in [-0.39, 0.29) is 29.8 Å². The van der Waals surface area contributed by atoms with Crippen LogP contribution in [0.1, 0.15) is 24.8 Å². The third kappa shape index (κ3) is 5.05. The highest BCUT2D eigenvalue weighted by molar-refractivity contribution is 7.89. The van der Waals surface area contributed by atoms with Crippen LogP contribution in [0.25, 0.3) is 11.1 Å². The van der Waals surface area contributed by atoms with Gasteiger partial charge in [-0.3, -0.25) is 4.79 Å². The maximum absolute atomic E-state index is 12.3. The van der Waals surface area contributed by atoms with Crippen molar-refractivity contribution < 1.29 is 17.6 Å². The molecule has 31 heavy (non-hydrogen) atoms. The molecule has 164 valence electrons. The quantitative estimate of drug-likeness (QED) is 0.556. The number of rotatable bonds is 8. The summed E-state index contributed by atoms with van der Waals surface area (Å²) >= 11 is 0. The molecule has 2 aromatic carbocycles. The SMILES string of the molecule is Cc1cccc(S(=O)(=O)NCCC(=O)NCC2CCCN2c2nc3ccccc3o2)c1. The Bertz CT molecular complexity index is 1140. The second-order valence-corrected chi connectivity index (χ2v) is 9.49. The van der Waals surface area contributed by atoms with E-state index in [0.29, 0.717) is 12.6 Å². The van der Waals surface area contributed by atoms with Crippen LogP contribution in [-0.4, -0.2) is 45.0 Å². The first-order valence-electron chi connectivity index (χ1n) is 10.4. The van der Waals surface area contributed by atoms with Crippen LogP contribution in [0.2, 0.25) is 0 Å². The highest BCUT2D eigenvalue weighted by Crippen LogP contribution is 2.28. The predicted molar refractivity (Wildman–Crippen MR) is 118 cm³/mol. The van der Waals surface area contributed by atoms with Gasteiger partial charge >= 0.3 is 0 Å². The molecule has 0 saturated carbocycles. The van der Waals surface area contributed by atoms with Crippen molar-refractivity contribution in [2.75, 3.05) is 24.5 Å². The number of aromatic nitrogens is 1. The number of fused-ring (bicyclic) bond motifs is 1. The van der Waals surface area contributed by atoms with Crippen molar-refractivity contribution in [1.29, 1.82) is 0 Å². The summed E-state index contributed by atoms with van der Waals surface area (Å²) in [6.45, 7) is 3.16. The van der Waals surface area contributed by atoms with Gasteiger partial charge in [0, 0.05) is 26.1 Å². The average Bonchev–Trinajstić information content (AvgIpc) is 3.38. The Balaban J connectivity index is 1.27. The summed E-state index contributed by atoms with van der Waals surface area (Å²) in [5, 5.41) is 2.91. The van der Waals surface area contributed by atoms with Gasteiger partial charge in [0.15, 0.2) is 5.58 Å². The highest BCUT2D eigenvalue weighted by Gasteiger charge is 2.28. The molecule has 1 aromatic heterocycles. The number of aryl methyl sites for hydroxylation is 1. The van der Waals surface area contributed by atoms with E-state index in [2.05, 4.69) is 19.9 Å². The minimum Gasteiger partial charge on any atom is -0.423 e. The fourth-order valence-electron chi connectivity index (χ4n) is 3.77. The van der Waals surface area contributed by atoms with Crippen LogP contribution in [0.15, 0.2) is 57.8 Å². The lowest BCUT2D eigenvalue weighted by Crippen LogP contribution is -2.41. The smallest absolute Gasteiger partial charge is 0.298 e. The van der Waals surface area contributed by atoms with Crippen LogP contribution in [-0.2, 0) is 14.8 Å². The summed E-state index contributed by atoms with van der Waals surface area (Å²) in [7, 11) is -3.63. The third-order valence-corrected chi connectivity index (χ3v) is 6.84. The first-order chi connectivity index (χ1) is 14.9. The zero-order valence-corrected chi connectivity index (χ0v) is 18.2. The van der Waals surface area contributed by atoms with E-state index in [1.54, 1.807) is 12.1 Å². The number of oxazole rings is 1. The minimum absolute atomic E-state index is 0.0433. The van der Waals surface area contributed by atoms with E-state index < -0.39 is 10.0 Å². The van der Waals surface area contributed by atoms with E-state index in [9.17, 15) is 13.2 Å². The van der Waals surface area contributed by atoms with Crippen molar-refractivity contribution in [2.24, 2.45) is 0 Å². The molecule has 0 spiro atoms. The predicted octanol–water partition coefficient (Wildman–Crippen LogP) is 2.59. The number of para-hydroxylation sites is 2. The summed E-state index contributed by atoms with van der Waals surface area (Å²) in [6, 6.07) is 15.0. The molecular formula is C22H26N4O4S. The highest BCUT2D eigenvalue weighted by atomic mass is 32.2. The Morgan fingerprint density at radius 3 is 2.87 bits per heavy atom. The zero-order chi connectivity index (χ0) is 21.8. The average molecular weight is 443 g/mol. The third-order valence-electron chi connectivity index (χ3n) is 5.38. The molecule has 1 atom stereocenters. The molecular weight excluding hydrogens is 416 g/mol. The standard InChI is InChI=1S/C22H26N4O4S/c1-16-6-4-8-18(14-16)31(28,29)24-12-11-21(27)23-15-17-7-5-13-26(17)22-25-19-9-2-3-10-20(19)30-22/h2-4,6,8-10,14,17,24H,5,7,11-13,15H2,1H3,(H,23,27). The molecule has 0 bridgehead atoms. The fraction of sp³-hybridized carbons (Fsp3) is 0.364. The van der Waals surface area contributed by atoms with Crippen molar-refractivity contribution >= 4 is 33.0 Å². The molecule has 4 rings (SSSR count). The lowest BCUT2D eigenvalue weighted by atomic mass is 10.2. The Kier molecular flexibility index (Phi) is 6.24. The Morgan fingerprint density at radius 2 is 2.06 bits per heavy atom. The summed E-state index contributed by atoms with van der Waals surface area (Å²) < 4.78 is 33.0. The van der Waals surface area contributed by atoms with Gasteiger partial charge in [-0.2, -0.15) is 4.98 Å². The molecule has 2 N–H and O–H groups in total. The summed E-state index contributed by atoms with van der Waals surface area (Å²) in [4.78, 5) is 19.1. The number of nitrogens with zero attached hydrogens (tertiary/aromatic N) is 2. The molecule has 1 aliphatic rings. The molecule has 1 unspecified atom stereocenters. The van der Waals surface area contributed by atoms with Gasteiger partial charge in [-0.25, -0.2) is 13.1 Å². The van der Waals surface area contributed by atoms with Gasteiger partial charge < -0.3 is 14.6 Å². The number of anilines is 1. The van der Waals surface area contributed by atoms with Crippen molar-refractivity contribution in [3.63, 3.8) is 0 Å². The number of carbonyl (C=O) groups is 1. The Labute approximate surface area is 181 Å². The summed E-state index contributed by atoms with van der Waals surface area (Å²) in [5.41, 5.74) is 2.42. The number of hydrogen-bond donors (Lipinski definition) is 2.